The summed E-state index contributed by atoms with van der Waals surface area (Å²) in [5, 5.41) is 4.12. The number of rotatable bonds is 5. The molecule has 0 aliphatic heterocycles. The van der Waals surface area contributed by atoms with Crippen LogP contribution in [0.25, 0.3) is 5.69 Å². The van der Waals surface area contributed by atoms with Crippen LogP contribution in [0.2, 0.25) is 0 Å². The molecular formula is C18H22N4O. The Bertz CT molecular complexity index is 676. The number of carbonyl (C=O) groups excluding carboxylic acids is 1. The summed E-state index contributed by atoms with van der Waals surface area (Å²) in [4.78, 5) is 18.2. The molecule has 1 aromatic carbocycles. The molecule has 1 aliphatic rings. The third-order valence-corrected chi connectivity index (χ3v) is 4.58. The molecule has 1 amide bonds. The van der Waals surface area contributed by atoms with Crippen LogP contribution in [0, 0.1) is 5.92 Å². The van der Waals surface area contributed by atoms with E-state index in [0.29, 0.717) is 12.3 Å². The van der Waals surface area contributed by atoms with Gasteiger partial charge in [0.1, 0.15) is 12.7 Å². The molecule has 5 heteroatoms. The maximum Gasteiger partial charge on any atom is 0.223 e. The average Bonchev–Trinajstić information content (AvgIpc) is 3.27. The Morgan fingerprint density at radius 3 is 2.78 bits per heavy atom. The van der Waals surface area contributed by atoms with Crippen LogP contribution >= 0.6 is 0 Å². The lowest BCUT2D eigenvalue weighted by Gasteiger charge is -2.26. The van der Waals surface area contributed by atoms with Crippen molar-refractivity contribution in [3.8, 4) is 5.69 Å². The molecule has 1 aromatic heterocycles. The molecule has 0 fully saturated rings. The molecule has 0 bridgehead atoms. The summed E-state index contributed by atoms with van der Waals surface area (Å²) in [5.41, 5.74) is 2.08. The molecule has 120 valence electrons. The van der Waals surface area contributed by atoms with Gasteiger partial charge in [-0.3, -0.25) is 4.79 Å². The van der Waals surface area contributed by atoms with Crippen molar-refractivity contribution in [3.05, 3.63) is 54.6 Å². The third kappa shape index (κ3) is 3.50. The molecule has 23 heavy (non-hydrogen) atoms. The fraction of sp³-hybridized carbons (Fsp3) is 0.389. The van der Waals surface area contributed by atoms with Crippen LogP contribution in [0.5, 0.6) is 0 Å². The normalized spacial score (nSPS) is 18.1. The van der Waals surface area contributed by atoms with Crippen LogP contribution in [-0.2, 0) is 4.79 Å². The van der Waals surface area contributed by atoms with Crippen LogP contribution < -0.4 is 0 Å². The van der Waals surface area contributed by atoms with Gasteiger partial charge in [0.2, 0.25) is 5.91 Å². The zero-order valence-electron chi connectivity index (χ0n) is 13.6. The van der Waals surface area contributed by atoms with Crippen molar-refractivity contribution in [2.75, 3.05) is 7.05 Å². The SMILES string of the molecule is CC(c1ccc(-n2cncn2)cc1)N(C)C(=O)CC1C=CCC1. The number of nitrogens with zero attached hydrogens (tertiary/aromatic N) is 4. The van der Waals surface area contributed by atoms with E-state index in [0.717, 1.165) is 24.1 Å². The Morgan fingerprint density at radius 2 is 2.17 bits per heavy atom. The topological polar surface area (TPSA) is 51.0 Å². The van der Waals surface area contributed by atoms with Crippen LogP contribution in [0.1, 0.15) is 37.8 Å². The van der Waals surface area contributed by atoms with E-state index in [4.69, 9.17) is 0 Å². The number of amides is 1. The van der Waals surface area contributed by atoms with E-state index in [1.807, 2.05) is 36.2 Å². The molecule has 2 unspecified atom stereocenters. The van der Waals surface area contributed by atoms with Gasteiger partial charge >= 0.3 is 0 Å². The number of allylic oxidation sites excluding steroid dienone is 2. The summed E-state index contributed by atoms with van der Waals surface area (Å²) in [6.07, 6.45) is 10.3. The van der Waals surface area contributed by atoms with Gasteiger partial charge in [-0.15, -0.1) is 0 Å². The monoisotopic (exact) mass is 310 g/mol. The molecular weight excluding hydrogens is 288 g/mol. The average molecular weight is 310 g/mol. The van der Waals surface area contributed by atoms with E-state index in [1.54, 1.807) is 11.0 Å². The second-order valence-corrected chi connectivity index (χ2v) is 6.08. The van der Waals surface area contributed by atoms with Gasteiger partial charge in [0, 0.05) is 13.5 Å². The Morgan fingerprint density at radius 1 is 1.39 bits per heavy atom. The van der Waals surface area contributed by atoms with Gasteiger partial charge in [-0.1, -0.05) is 24.3 Å². The van der Waals surface area contributed by atoms with Crippen molar-refractivity contribution in [2.45, 2.75) is 32.2 Å². The van der Waals surface area contributed by atoms with Gasteiger partial charge in [0.05, 0.1) is 11.7 Å². The largest absolute Gasteiger partial charge is 0.339 e. The summed E-state index contributed by atoms with van der Waals surface area (Å²) < 4.78 is 1.72. The van der Waals surface area contributed by atoms with E-state index in [2.05, 4.69) is 29.2 Å². The van der Waals surface area contributed by atoms with E-state index >= 15 is 0 Å². The first kappa shape index (κ1) is 15.5. The molecule has 1 aliphatic carbocycles. The lowest BCUT2D eigenvalue weighted by molar-refractivity contribution is -0.132. The highest BCUT2D eigenvalue weighted by Crippen LogP contribution is 2.25. The fourth-order valence-corrected chi connectivity index (χ4v) is 2.92. The van der Waals surface area contributed by atoms with E-state index in [9.17, 15) is 4.79 Å². The van der Waals surface area contributed by atoms with Crippen LogP contribution in [0.4, 0.5) is 0 Å². The van der Waals surface area contributed by atoms with Crippen LogP contribution in [-0.4, -0.2) is 32.6 Å². The lowest BCUT2D eigenvalue weighted by atomic mass is 10.0. The molecule has 0 saturated heterocycles. The van der Waals surface area contributed by atoms with E-state index in [-0.39, 0.29) is 11.9 Å². The standard InChI is InChI=1S/C18H22N4O/c1-14(21(2)18(23)11-15-5-3-4-6-15)16-7-9-17(10-8-16)22-13-19-12-20-22/h3,5,7-10,12-15H,4,6,11H2,1-2H3. The molecule has 0 radical (unpaired) electrons. The number of hydrogen-bond acceptors (Lipinski definition) is 3. The number of benzene rings is 1. The summed E-state index contributed by atoms with van der Waals surface area (Å²) in [7, 11) is 1.89. The number of carbonyl (C=O) groups is 1. The number of aromatic nitrogens is 3. The Hall–Kier alpha value is -2.43. The molecule has 3 rings (SSSR count). The summed E-state index contributed by atoms with van der Waals surface area (Å²) in [6, 6.07) is 8.14. The van der Waals surface area contributed by atoms with Crippen LogP contribution in [0.15, 0.2) is 49.1 Å². The molecule has 1 heterocycles. The van der Waals surface area contributed by atoms with Crippen molar-refractivity contribution in [3.63, 3.8) is 0 Å². The second-order valence-electron chi connectivity index (χ2n) is 6.08. The fourth-order valence-electron chi connectivity index (χ4n) is 2.92. The predicted molar refractivity (Wildman–Crippen MR) is 89.0 cm³/mol. The third-order valence-electron chi connectivity index (χ3n) is 4.58. The van der Waals surface area contributed by atoms with Gasteiger partial charge in [-0.2, -0.15) is 5.10 Å². The van der Waals surface area contributed by atoms with Gasteiger partial charge in [-0.05, 0) is 43.4 Å². The maximum atomic E-state index is 12.4. The molecule has 5 nitrogen and oxygen atoms in total. The highest BCUT2D eigenvalue weighted by Gasteiger charge is 2.21. The molecule has 2 aromatic rings. The first-order chi connectivity index (χ1) is 11.1. The van der Waals surface area contributed by atoms with Gasteiger partial charge < -0.3 is 4.90 Å². The Labute approximate surface area is 136 Å². The quantitative estimate of drug-likeness (QED) is 0.797. The molecule has 2 atom stereocenters. The van der Waals surface area contributed by atoms with Gasteiger partial charge in [-0.25, -0.2) is 9.67 Å². The number of hydrogen-bond donors (Lipinski definition) is 0. The minimum absolute atomic E-state index is 0.0534. The maximum absolute atomic E-state index is 12.4. The first-order valence-corrected chi connectivity index (χ1v) is 8.02. The zero-order chi connectivity index (χ0) is 16.2. The van der Waals surface area contributed by atoms with Crippen LogP contribution in [0.3, 0.4) is 0 Å². The van der Waals surface area contributed by atoms with Crippen molar-refractivity contribution in [1.29, 1.82) is 0 Å². The second kappa shape index (κ2) is 6.77. The van der Waals surface area contributed by atoms with Crippen molar-refractivity contribution in [1.82, 2.24) is 19.7 Å². The van der Waals surface area contributed by atoms with Crippen molar-refractivity contribution < 1.29 is 4.79 Å². The smallest absolute Gasteiger partial charge is 0.223 e. The molecule has 0 spiro atoms. The minimum Gasteiger partial charge on any atom is -0.339 e. The van der Waals surface area contributed by atoms with E-state index < -0.39 is 0 Å². The Balaban J connectivity index is 1.65. The lowest BCUT2D eigenvalue weighted by Crippen LogP contribution is -2.30. The molecule has 0 N–H and O–H groups in total. The zero-order valence-corrected chi connectivity index (χ0v) is 13.6. The first-order valence-electron chi connectivity index (χ1n) is 8.02. The summed E-state index contributed by atoms with van der Waals surface area (Å²) >= 11 is 0. The minimum atomic E-state index is 0.0534. The Kier molecular flexibility index (Phi) is 4.55. The molecule has 0 saturated carbocycles. The summed E-state index contributed by atoms with van der Waals surface area (Å²) in [5.74, 6) is 0.612. The predicted octanol–water partition coefficient (Wildman–Crippen LogP) is 3.14. The highest BCUT2D eigenvalue weighted by atomic mass is 16.2. The van der Waals surface area contributed by atoms with Crippen molar-refractivity contribution >= 4 is 5.91 Å². The van der Waals surface area contributed by atoms with E-state index in [1.165, 1.54) is 6.33 Å². The highest BCUT2D eigenvalue weighted by molar-refractivity contribution is 5.77. The van der Waals surface area contributed by atoms with Gasteiger partial charge in [0.25, 0.3) is 0 Å². The van der Waals surface area contributed by atoms with Gasteiger partial charge in [0.15, 0.2) is 0 Å². The van der Waals surface area contributed by atoms with Crippen molar-refractivity contribution in [2.24, 2.45) is 5.92 Å². The summed E-state index contributed by atoms with van der Waals surface area (Å²) in [6.45, 7) is 2.06.